The first-order chi connectivity index (χ1) is 12.7. The van der Waals surface area contributed by atoms with Gasteiger partial charge in [-0.05, 0) is 24.3 Å². The lowest BCUT2D eigenvalue weighted by molar-refractivity contribution is -0.119. The second-order valence-corrected chi connectivity index (χ2v) is 6.24. The highest BCUT2D eigenvalue weighted by Crippen LogP contribution is 2.33. The van der Waals surface area contributed by atoms with Crippen molar-refractivity contribution in [1.82, 2.24) is 9.97 Å². The van der Waals surface area contributed by atoms with Gasteiger partial charge in [-0.1, -0.05) is 42.1 Å². The van der Waals surface area contributed by atoms with Crippen LogP contribution in [0.1, 0.15) is 10.5 Å². The lowest BCUT2D eigenvalue weighted by atomic mass is 10.3. The van der Waals surface area contributed by atoms with Gasteiger partial charge in [-0.15, -0.1) is 0 Å². The number of ether oxygens (including phenoxy) is 1. The summed E-state index contributed by atoms with van der Waals surface area (Å²) in [7, 11) is 0. The Balaban J connectivity index is 1.60. The fraction of sp³-hybridized carbons (Fsp3) is 0.0526. The van der Waals surface area contributed by atoms with E-state index in [1.807, 2.05) is 48.5 Å². The van der Waals surface area contributed by atoms with E-state index >= 15 is 0 Å². The second-order valence-electron chi connectivity index (χ2n) is 5.13. The average molecular weight is 365 g/mol. The third kappa shape index (κ3) is 4.90. The van der Waals surface area contributed by atoms with E-state index in [0.29, 0.717) is 5.69 Å². The summed E-state index contributed by atoms with van der Waals surface area (Å²) in [4.78, 5) is 33.5. The average Bonchev–Trinajstić information content (AvgIpc) is 2.69. The molecule has 0 aliphatic heterocycles. The molecule has 6 nitrogen and oxygen atoms in total. The van der Waals surface area contributed by atoms with Crippen LogP contribution in [0.3, 0.4) is 0 Å². The number of esters is 1. The maximum Gasteiger partial charge on any atom is 0.359 e. The van der Waals surface area contributed by atoms with E-state index in [1.165, 1.54) is 30.4 Å². The van der Waals surface area contributed by atoms with Crippen LogP contribution in [0.25, 0.3) is 0 Å². The molecule has 1 heterocycles. The van der Waals surface area contributed by atoms with Gasteiger partial charge in [0, 0.05) is 22.2 Å². The summed E-state index contributed by atoms with van der Waals surface area (Å²) in [5, 5.41) is 2.76. The molecule has 0 spiro atoms. The Labute approximate surface area is 154 Å². The van der Waals surface area contributed by atoms with Gasteiger partial charge >= 0.3 is 5.97 Å². The van der Waals surface area contributed by atoms with Gasteiger partial charge in [0.1, 0.15) is 0 Å². The Morgan fingerprint density at radius 2 is 1.77 bits per heavy atom. The number of nitrogens with one attached hydrogen (secondary N) is 1. The first-order valence-corrected chi connectivity index (χ1v) is 8.59. The van der Waals surface area contributed by atoms with Gasteiger partial charge in [-0.2, -0.15) is 0 Å². The molecular weight excluding hydrogens is 350 g/mol. The van der Waals surface area contributed by atoms with Crippen LogP contribution in [0.4, 0.5) is 5.69 Å². The van der Waals surface area contributed by atoms with Crippen LogP contribution in [0.15, 0.2) is 83.0 Å². The molecule has 26 heavy (non-hydrogen) atoms. The van der Waals surface area contributed by atoms with Gasteiger partial charge in [0.2, 0.25) is 0 Å². The van der Waals surface area contributed by atoms with Crippen molar-refractivity contribution in [3.63, 3.8) is 0 Å². The van der Waals surface area contributed by atoms with Crippen LogP contribution in [-0.2, 0) is 9.53 Å². The SMILES string of the molecule is O=C(COC(=O)c1cnccn1)Nc1ccccc1Sc1ccccc1. The monoisotopic (exact) mass is 365 g/mol. The highest BCUT2D eigenvalue weighted by Gasteiger charge is 2.13. The molecule has 0 unspecified atom stereocenters. The number of benzene rings is 2. The molecule has 1 aromatic heterocycles. The van der Waals surface area contributed by atoms with Crippen molar-refractivity contribution in [2.75, 3.05) is 11.9 Å². The van der Waals surface area contributed by atoms with Gasteiger partial charge in [-0.3, -0.25) is 9.78 Å². The molecule has 3 rings (SSSR count). The molecule has 0 saturated carbocycles. The number of para-hydroxylation sites is 1. The molecule has 0 bridgehead atoms. The molecule has 130 valence electrons. The number of hydrogen-bond donors (Lipinski definition) is 1. The van der Waals surface area contributed by atoms with E-state index in [1.54, 1.807) is 6.07 Å². The molecule has 0 aliphatic rings. The summed E-state index contributed by atoms with van der Waals surface area (Å²) >= 11 is 1.54. The Morgan fingerprint density at radius 1 is 1.00 bits per heavy atom. The molecule has 1 N–H and O–H groups in total. The summed E-state index contributed by atoms with van der Waals surface area (Å²) in [5.41, 5.74) is 0.710. The number of aromatic nitrogens is 2. The van der Waals surface area contributed by atoms with Gasteiger partial charge < -0.3 is 10.1 Å². The van der Waals surface area contributed by atoms with E-state index in [4.69, 9.17) is 4.74 Å². The van der Waals surface area contributed by atoms with Gasteiger partial charge in [0.25, 0.3) is 5.91 Å². The second kappa shape index (κ2) is 8.77. The zero-order chi connectivity index (χ0) is 18.2. The Kier molecular flexibility index (Phi) is 5.95. The van der Waals surface area contributed by atoms with Crippen molar-refractivity contribution in [2.45, 2.75) is 9.79 Å². The number of nitrogens with zero attached hydrogens (tertiary/aromatic N) is 2. The van der Waals surface area contributed by atoms with Gasteiger partial charge in [-0.25, -0.2) is 9.78 Å². The molecule has 0 atom stereocenters. The molecule has 0 aliphatic carbocycles. The number of rotatable bonds is 6. The maximum atomic E-state index is 12.1. The number of amides is 1. The fourth-order valence-corrected chi connectivity index (χ4v) is 2.99. The van der Waals surface area contributed by atoms with Gasteiger partial charge in [0.05, 0.1) is 11.9 Å². The van der Waals surface area contributed by atoms with Crippen molar-refractivity contribution < 1.29 is 14.3 Å². The highest BCUT2D eigenvalue weighted by molar-refractivity contribution is 7.99. The summed E-state index contributed by atoms with van der Waals surface area (Å²) in [6.07, 6.45) is 4.12. The number of carbonyl (C=O) groups excluding carboxylic acids is 2. The van der Waals surface area contributed by atoms with E-state index in [-0.39, 0.29) is 5.69 Å². The lowest BCUT2D eigenvalue weighted by Gasteiger charge is -2.11. The first-order valence-electron chi connectivity index (χ1n) is 7.77. The minimum absolute atomic E-state index is 0.0559. The summed E-state index contributed by atoms with van der Waals surface area (Å²) in [5.74, 6) is -1.12. The molecule has 7 heteroatoms. The van der Waals surface area contributed by atoms with Crippen LogP contribution >= 0.6 is 11.8 Å². The quantitative estimate of drug-likeness (QED) is 0.674. The molecule has 3 aromatic rings. The third-order valence-electron chi connectivity index (χ3n) is 3.24. The minimum atomic E-state index is -0.694. The minimum Gasteiger partial charge on any atom is -0.451 e. The Bertz CT molecular complexity index is 889. The molecule has 0 fully saturated rings. The molecular formula is C19H15N3O3S. The molecule has 0 radical (unpaired) electrons. The van der Waals surface area contributed by atoms with Gasteiger partial charge in [0.15, 0.2) is 12.3 Å². The van der Waals surface area contributed by atoms with E-state index in [9.17, 15) is 9.59 Å². The highest BCUT2D eigenvalue weighted by atomic mass is 32.2. The van der Waals surface area contributed by atoms with E-state index in [0.717, 1.165) is 9.79 Å². The number of hydrogen-bond acceptors (Lipinski definition) is 6. The molecule has 1 amide bonds. The van der Waals surface area contributed by atoms with Crippen LogP contribution < -0.4 is 5.32 Å². The smallest absolute Gasteiger partial charge is 0.359 e. The van der Waals surface area contributed by atoms with Crippen molar-refractivity contribution >= 4 is 29.3 Å². The topological polar surface area (TPSA) is 81.2 Å². The fourth-order valence-electron chi connectivity index (χ4n) is 2.07. The predicted molar refractivity (Wildman–Crippen MR) is 98.0 cm³/mol. The largest absolute Gasteiger partial charge is 0.451 e. The summed E-state index contributed by atoms with van der Waals surface area (Å²) < 4.78 is 4.96. The van der Waals surface area contributed by atoms with Crippen LogP contribution in [-0.4, -0.2) is 28.5 Å². The summed E-state index contributed by atoms with van der Waals surface area (Å²) in [6, 6.07) is 17.3. The Morgan fingerprint density at radius 3 is 2.54 bits per heavy atom. The Hall–Kier alpha value is -3.19. The third-order valence-corrected chi connectivity index (χ3v) is 4.32. The van der Waals surface area contributed by atoms with E-state index in [2.05, 4.69) is 15.3 Å². The molecule has 0 saturated heterocycles. The van der Waals surface area contributed by atoms with Crippen molar-refractivity contribution in [3.8, 4) is 0 Å². The van der Waals surface area contributed by atoms with Crippen LogP contribution in [0, 0.1) is 0 Å². The van der Waals surface area contributed by atoms with Crippen LogP contribution in [0.2, 0.25) is 0 Å². The van der Waals surface area contributed by atoms with E-state index < -0.39 is 18.5 Å². The van der Waals surface area contributed by atoms with Crippen molar-refractivity contribution in [3.05, 3.63) is 78.9 Å². The molecule has 2 aromatic carbocycles. The number of anilines is 1. The van der Waals surface area contributed by atoms with Crippen molar-refractivity contribution in [1.29, 1.82) is 0 Å². The van der Waals surface area contributed by atoms with Crippen molar-refractivity contribution in [2.24, 2.45) is 0 Å². The predicted octanol–water partition coefficient (Wildman–Crippen LogP) is 3.42. The number of carbonyl (C=O) groups is 2. The summed E-state index contributed by atoms with van der Waals surface area (Å²) in [6.45, 7) is -0.403. The van der Waals surface area contributed by atoms with Crippen LogP contribution in [0.5, 0.6) is 0 Å². The normalized spacial score (nSPS) is 10.2. The standard InChI is InChI=1S/C19H15N3O3S/c23-18(13-25-19(24)16-12-20-10-11-21-16)22-15-8-4-5-9-17(15)26-14-6-2-1-3-7-14/h1-12H,13H2,(H,22,23). The lowest BCUT2D eigenvalue weighted by Crippen LogP contribution is -2.21. The maximum absolute atomic E-state index is 12.1. The zero-order valence-electron chi connectivity index (χ0n) is 13.7. The first kappa shape index (κ1) is 17.6. The zero-order valence-corrected chi connectivity index (χ0v) is 14.5.